The summed E-state index contributed by atoms with van der Waals surface area (Å²) in [5.41, 5.74) is 1.42. The highest BCUT2D eigenvalue weighted by Crippen LogP contribution is 2.29. The molecule has 0 aromatic heterocycles. The highest BCUT2D eigenvalue weighted by atomic mass is 32.2. The number of benzene rings is 1. The zero-order valence-corrected chi connectivity index (χ0v) is 16.6. The van der Waals surface area contributed by atoms with E-state index in [2.05, 4.69) is 10.0 Å². The summed E-state index contributed by atoms with van der Waals surface area (Å²) in [6.45, 7) is 3.79. The van der Waals surface area contributed by atoms with E-state index >= 15 is 0 Å². The maximum Gasteiger partial charge on any atom is 0.306 e. The Hall–Kier alpha value is -1.93. The van der Waals surface area contributed by atoms with Gasteiger partial charge in [0, 0.05) is 18.5 Å². The fourth-order valence-electron chi connectivity index (χ4n) is 3.41. The standard InChI is InChI=1S/C19H28N2O5S/c1-13(2)21-27(25,26)12-17-6-4-3-5-16(17)11-20-18(22)14-7-9-15(10-8-14)19(23)24/h3-6,13-15,21H,7-12H2,1-2H3,(H,20,22)(H,23,24). The van der Waals surface area contributed by atoms with Crippen LogP contribution in [0.25, 0.3) is 0 Å². The number of hydrogen-bond acceptors (Lipinski definition) is 4. The molecule has 1 fully saturated rings. The van der Waals surface area contributed by atoms with Crippen molar-refractivity contribution in [3.8, 4) is 0 Å². The normalized spacial score (nSPS) is 20.4. The Morgan fingerprint density at radius 2 is 1.63 bits per heavy atom. The van der Waals surface area contributed by atoms with Gasteiger partial charge in [0.15, 0.2) is 0 Å². The first-order valence-electron chi connectivity index (χ1n) is 9.25. The fraction of sp³-hybridized carbons (Fsp3) is 0.579. The molecule has 0 heterocycles. The first-order valence-corrected chi connectivity index (χ1v) is 10.9. The first-order chi connectivity index (χ1) is 12.7. The van der Waals surface area contributed by atoms with Crippen LogP contribution in [0.3, 0.4) is 0 Å². The number of sulfonamides is 1. The molecule has 3 N–H and O–H groups in total. The minimum atomic E-state index is -3.45. The van der Waals surface area contributed by atoms with Crippen molar-refractivity contribution in [2.45, 2.75) is 57.9 Å². The highest BCUT2D eigenvalue weighted by molar-refractivity contribution is 7.88. The molecule has 1 aromatic rings. The minimum absolute atomic E-state index is 0.100. The van der Waals surface area contributed by atoms with Gasteiger partial charge >= 0.3 is 5.97 Å². The second kappa shape index (κ2) is 9.32. The third kappa shape index (κ3) is 6.62. The third-order valence-electron chi connectivity index (χ3n) is 4.78. The molecule has 0 spiro atoms. The van der Waals surface area contributed by atoms with Crippen LogP contribution >= 0.6 is 0 Å². The van der Waals surface area contributed by atoms with E-state index in [-0.39, 0.29) is 36.1 Å². The number of carbonyl (C=O) groups is 2. The monoisotopic (exact) mass is 396 g/mol. The number of aliphatic carboxylic acids is 1. The molecular weight excluding hydrogens is 368 g/mol. The van der Waals surface area contributed by atoms with Gasteiger partial charge in [-0.2, -0.15) is 0 Å². The second-order valence-corrected chi connectivity index (χ2v) is 9.16. The van der Waals surface area contributed by atoms with Crippen molar-refractivity contribution in [2.75, 3.05) is 0 Å². The van der Waals surface area contributed by atoms with Crippen molar-refractivity contribution in [3.63, 3.8) is 0 Å². The van der Waals surface area contributed by atoms with Crippen LogP contribution in [-0.4, -0.2) is 31.4 Å². The van der Waals surface area contributed by atoms with Crippen LogP contribution in [0.1, 0.15) is 50.7 Å². The molecular formula is C19H28N2O5S. The van der Waals surface area contributed by atoms with Crippen LogP contribution in [0.15, 0.2) is 24.3 Å². The lowest BCUT2D eigenvalue weighted by atomic mass is 9.81. The molecule has 0 aliphatic heterocycles. The van der Waals surface area contributed by atoms with Crippen molar-refractivity contribution in [3.05, 3.63) is 35.4 Å². The van der Waals surface area contributed by atoms with Gasteiger partial charge in [0.1, 0.15) is 0 Å². The average Bonchev–Trinajstić information content (AvgIpc) is 2.59. The van der Waals surface area contributed by atoms with E-state index in [0.29, 0.717) is 31.2 Å². The van der Waals surface area contributed by atoms with Gasteiger partial charge < -0.3 is 10.4 Å². The Bertz CT molecular complexity index is 768. The van der Waals surface area contributed by atoms with Gasteiger partial charge in [-0.25, -0.2) is 13.1 Å². The molecule has 27 heavy (non-hydrogen) atoms. The fourth-order valence-corrected chi connectivity index (χ4v) is 4.90. The van der Waals surface area contributed by atoms with Crippen LogP contribution in [-0.2, 0) is 31.9 Å². The number of carboxylic acid groups (broad SMARTS) is 1. The summed E-state index contributed by atoms with van der Waals surface area (Å²) in [4.78, 5) is 23.4. The quantitative estimate of drug-likeness (QED) is 0.622. The Labute approximate surface area is 160 Å². The average molecular weight is 397 g/mol. The summed E-state index contributed by atoms with van der Waals surface area (Å²) in [7, 11) is -3.45. The van der Waals surface area contributed by atoms with E-state index in [9.17, 15) is 18.0 Å². The summed E-state index contributed by atoms with van der Waals surface area (Å²) < 4.78 is 26.9. The molecule has 1 aliphatic carbocycles. The number of hydrogen-bond donors (Lipinski definition) is 3. The lowest BCUT2D eigenvalue weighted by molar-refractivity contribution is -0.144. The Kier molecular flexibility index (Phi) is 7.38. The van der Waals surface area contributed by atoms with Crippen molar-refractivity contribution in [2.24, 2.45) is 11.8 Å². The molecule has 0 radical (unpaired) electrons. The van der Waals surface area contributed by atoms with Gasteiger partial charge in [-0.3, -0.25) is 9.59 Å². The Morgan fingerprint density at radius 1 is 1.07 bits per heavy atom. The molecule has 2 rings (SSSR count). The maximum absolute atomic E-state index is 12.4. The van der Waals surface area contributed by atoms with E-state index in [1.165, 1.54) is 0 Å². The highest BCUT2D eigenvalue weighted by Gasteiger charge is 2.29. The molecule has 0 bridgehead atoms. The van der Waals surface area contributed by atoms with Gasteiger partial charge in [0.05, 0.1) is 11.7 Å². The SMILES string of the molecule is CC(C)NS(=O)(=O)Cc1ccccc1CNC(=O)C1CCC(C(=O)O)CC1. The smallest absolute Gasteiger partial charge is 0.306 e. The van der Waals surface area contributed by atoms with Crippen LogP contribution < -0.4 is 10.0 Å². The van der Waals surface area contributed by atoms with E-state index < -0.39 is 16.0 Å². The first kappa shape index (κ1) is 21.4. The Morgan fingerprint density at radius 3 is 2.19 bits per heavy atom. The van der Waals surface area contributed by atoms with Gasteiger partial charge in [0.2, 0.25) is 15.9 Å². The Balaban J connectivity index is 1.94. The molecule has 1 saturated carbocycles. The molecule has 1 aromatic carbocycles. The summed E-state index contributed by atoms with van der Waals surface area (Å²) >= 11 is 0. The number of carbonyl (C=O) groups excluding carboxylic acids is 1. The van der Waals surface area contributed by atoms with Crippen molar-refractivity contribution in [1.82, 2.24) is 10.0 Å². The topological polar surface area (TPSA) is 113 Å². The molecule has 0 unspecified atom stereocenters. The van der Waals surface area contributed by atoms with Gasteiger partial charge in [-0.05, 0) is 50.7 Å². The minimum Gasteiger partial charge on any atom is -0.481 e. The summed E-state index contributed by atoms with van der Waals surface area (Å²) in [6, 6.07) is 6.97. The van der Waals surface area contributed by atoms with Gasteiger partial charge in [0.25, 0.3) is 0 Å². The molecule has 150 valence electrons. The van der Waals surface area contributed by atoms with Crippen LogP contribution in [0.4, 0.5) is 0 Å². The van der Waals surface area contributed by atoms with Crippen molar-refractivity contribution < 1.29 is 23.1 Å². The number of amides is 1. The molecule has 0 atom stereocenters. The number of nitrogens with one attached hydrogen (secondary N) is 2. The molecule has 0 saturated heterocycles. The zero-order valence-electron chi connectivity index (χ0n) is 15.8. The van der Waals surface area contributed by atoms with Crippen molar-refractivity contribution in [1.29, 1.82) is 0 Å². The van der Waals surface area contributed by atoms with Gasteiger partial charge in [-0.1, -0.05) is 24.3 Å². The lowest BCUT2D eigenvalue weighted by Gasteiger charge is -2.25. The van der Waals surface area contributed by atoms with Crippen molar-refractivity contribution >= 4 is 21.9 Å². The number of rotatable bonds is 8. The summed E-state index contributed by atoms with van der Waals surface area (Å²) in [5, 5.41) is 11.9. The lowest BCUT2D eigenvalue weighted by Crippen LogP contribution is -2.34. The van der Waals surface area contributed by atoms with Crippen LogP contribution in [0, 0.1) is 11.8 Å². The molecule has 7 nitrogen and oxygen atoms in total. The summed E-state index contributed by atoms with van der Waals surface area (Å²) in [6.07, 6.45) is 2.17. The largest absolute Gasteiger partial charge is 0.481 e. The van der Waals surface area contributed by atoms with E-state index in [1.807, 2.05) is 12.1 Å². The van der Waals surface area contributed by atoms with Gasteiger partial charge in [-0.15, -0.1) is 0 Å². The van der Waals surface area contributed by atoms with E-state index in [4.69, 9.17) is 5.11 Å². The number of carboxylic acids is 1. The second-order valence-electron chi connectivity index (χ2n) is 7.40. The van der Waals surface area contributed by atoms with E-state index in [1.54, 1.807) is 26.0 Å². The molecule has 1 aliphatic rings. The predicted octanol–water partition coefficient (Wildman–Crippen LogP) is 2.02. The van der Waals surface area contributed by atoms with Crippen LogP contribution in [0.5, 0.6) is 0 Å². The third-order valence-corrected chi connectivity index (χ3v) is 6.30. The predicted molar refractivity (Wildman–Crippen MR) is 102 cm³/mol. The molecule has 8 heteroatoms. The maximum atomic E-state index is 12.4. The summed E-state index contributed by atoms with van der Waals surface area (Å²) in [5.74, 6) is -1.57. The van der Waals surface area contributed by atoms with Crippen LogP contribution in [0.2, 0.25) is 0 Å². The molecule has 1 amide bonds. The zero-order chi connectivity index (χ0) is 20.0. The van der Waals surface area contributed by atoms with E-state index in [0.717, 1.165) is 5.56 Å².